The summed E-state index contributed by atoms with van der Waals surface area (Å²) in [5.41, 5.74) is 0.442. The van der Waals surface area contributed by atoms with Crippen molar-refractivity contribution in [2.45, 2.75) is 58.6 Å². The van der Waals surface area contributed by atoms with Crippen LogP contribution in [-0.4, -0.2) is 48.8 Å². The van der Waals surface area contributed by atoms with Gasteiger partial charge in [0.15, 0.2) is 0 Å². The van der Waals surface area contributed by atoms with Gasteiger partial charge in [-0.2, -0.15) is 0 Å². The summed E-state index contributed by atoms with van der Waals surface area (Å²) < 4.78 is 0. The summed E-state index contributed by atoms with van der Waals surface area (Å²) in [5.74, 6) is 1.32. The third-order valence-electron chi connectivity index (χ3n) is 5.59. The van der Waals surface area contributed by atoms with Gasteiger partial charge in [0.05, 0.1) is 6.10 Å². The molecule has 0 bridgehead atoms. The van der Waals surface area contributed by atoms with Crippen molar-refractivity contribution in [1.82, 2.24) is 10.2 Å². The number of likely N-dealkylation sites (tertiary alicyclic amines) is 1. The number of aliphatic hydroxyl groups excluding tert-OH is 1. The molecule has 1 aliphatic carbocycles. The molecular formula is C16H32N2O. The molecule has 112 valence electrons. The van der Waals surface area contributed by atoms with Gasteiger partial charge in [-0.05, 0) is 70.0 Å². The molecule has 0 amide bonds. The first kappa shape index (κ1) is 15.3. The molecule has 1 heterocycles. The third-order valence-corrected chi connectivity index (χ3v) is 5.59. The van der Waals surface area contributed by atoms with Crippen molar-refractivity contribution in [3.05, 3.63) is 0 Å². The van der Waals surface area contributed by atoms with Crippen molar-refractivity contribution >= 4 is 0 Å². The summed E-state index contributed by atoms with van der Waals surface area (Å²) in [5, 5.41) is 13.2. The van der Waals surface area contributed by atoms with Gasteiger partial charge in [0.1, 0.15) is 0 Å². The van der Waals surface area contributed by atoms with Crippen molar-refractivity contribution < 1.29 is 5.11 Å². The highest BCUT2D eigenvalue weighted by molar-refractivity contribution is 4.96. The molecule has 0 spiro atoms. The molecule has 19 heavy (non-hydrogen) atoms. The highest BCUT2D eigenvalue weighted by atomic mass is 16.3. The Morgan fingerprint density at radius 3 is 2.42 bits per heavy atom. The monoisotopic (exact) mass is 268 g/mol. The van der Waals surface area contributed by atoms with Crippen LogP contribution in [0.1, 0.15) is 46.5 Å². The van der Waals surface area contributed by atoms with Gasteiger partial charge in [0.25, 0.3) is 0 Å². The molecule has 1 aliphatic heterocycles. The number of hydrogen-bond donors (Lipinski definition) is 2. The number of rotatable bonds is 4. The van der Waals surface area contributed by atoms with Gasteiger partial charge in [-0.15, -0.1) is 0 Å². The molecule has 1 saturated carbocycles. The van der Waals surface area contributed by atoms with Gasteiger partial charge in [-0.3, -0.25) is 0 Å². The molecule has 3 nitrogen and oxygen atoms in total. The summed E-state index contributed by atoms with van der Waals surface area (Å²) in [6, 6.07) is 0.655. The molecule has 1 saturated heterocycles. The molecule has 3 unspecified atom stereocenters. The van der Waals surface area contributed by atoms with Gasteiger partial charge < -0.3 is 15.3 Å². The zero-order valence-corrected chi connectivity index (χ0v) is 13.2. The molecular weight excluding hydrogens is 236 g/mol. The van der Waals surface area contributed by atoms with Crippen LogP contribution in [0, 0.1) is 17.3 Å². The number of nitrogens with one attached hydrogen (secondary N) is 1. The first-order valence-corrected chi connectivity index (χ1v) is 8.01. The van der Waals surface area contributed by atoms with Crippen molar-refractivity contribution in [2.75, 3.05) is 26.7 Å². The lowest BCUT2D eigenvalue weighted by atomic mass is 9.84. The second-order valence-electron chi connectivity index (χ2n) is 7.43. The van der Waals surface area contributed by atoms with Crippen LogP contribution in [0.5, 0.6) is 0 Å². The Labute approximate surface area is 118 Å². The SMILES string of the molecule is CNC1C(CN2CCC(C(C)O)CC2)CCC1(C)C. The lowest BCUT2D eigenvalue weighted by Gasteiger charge is -2.37. The molecule has 2 N–H and O–H groups in total. The van der Waals surface area contributed by atoms with Gasteiger partial charge in [-0.25, -0.2) is 0 Å². The van der Waals surface area contributed by atoms with E-state index in [-0.39, 0.29) is 6.10 Å². The van der Waals surface area contributed by atoms with Crippen LogP contribution in [0.4, 0.5) is 0 Å². The van der Waals surface area contributed by atoms with Crippen molar-refractivity contribution in [2.24, 2.45) is 17.3 Å². The molecule has 2 fully saturated rings. The largest absolute Gasteiger partial charge is 0.393 e. The van der Waals surface area contributed by atoms with E-state index in [1.165, 1.54) is 32.5 Å². The van der Waals surface area contributed by atoms with Gasteiger partial charge in [0.2, 0.25) is 0 Å². The fourth-order valence-electron chi connectivity index (χ4n) is 4.29. The Morgan fingerprint density at radius 1 is 1.26 bits per heavy atom. The van der Waals surface area contributed by atoms with Crippen LogP contribution >= 0.6 is 0 Å². The smallest absolute Gasteiger partial charge is 0.0541 e. The Balaban J connectivity index is 1.83. The van der Waals surface area contributed by atoms with E-state index in [0.29, 0.717) is 17.4 Å². The molecule has 0 aromatic carbocycles. The molecule has 2 aliphatic rings. The van der Waals surface area contributed by atoms with Crippen LogP contribution < -0.4 is 5.32 Å². The van der Waals surface area contributed by atoms with Crippen molar-refractivity contribution in [1.29, 1.82) is 0 Å². The Morgan fingerprint density at radius 2 is 1.89 bits per heavy atom. The highest BCUT2D eigenvalue weighted by Crippen LogP contribution is 2.41. The van der Waals surface area contributed by atoms with Gasteiger partial charge >= 0.3 is 0 Å². The zero-order valence-electron chi connectivity index (χ0n) is 13.2. The summed E-state index contributed by atoms with van der Waals surface area (Å²) in [4.78, 5) is 2.62. The standard InChI is InChI=1S/C16H32N2O/c1-12(19)13-6-9-18(10-7-13)11-14-5-8-16(2,3)15(14)17-4/h12-15,17,19H,5-11H2,1-4H3. The average Bonchev–Trinajstić information content (AvgIpc) is 2.64. The predicted molar refractivity (Wildman–Crippen MR) is 80.2 cm³/mol. The molecule has 3 heteroatoms. The van der Waals surface area contributed by atoms with E-state index in [9.17, 15) is 5.11 Å². The third kappa shape index (κ3) is 3.50. The molecule has 0 aromatic rings. The van der Waals surface area contributed by atoms with Crippen LogP contribution in [0.3, 0.4) is 0 Å². The van der Waals surface area contributed by atoms with Crippen LogP contribution in [0.15, 0.2) is 0 Å². The number of hydrogen-bond acceptors (Lipinski definition) is 3. The summed E-state index contributed by atoms with van der Waals surface area (Å²) in [6.45, 7) is 10.3. The zero-order chi connectivity index (χ0) is 14.0. The van der Waals surface area contributed by atoms with E-state index in [2.05, 4.69) is 31.1 Å². The Kier molecular flexibility index (Phi) is 4.91. The summed E-state index contributed by atoms with van der Waals surface area (Å²) in [6.07, 6.45) is 4.90. The number of aliphatic hydroxyl groups is 1. The Bertz CT molecular complexity index is 282. The fraction of sp³-hybridized carbons (Fsp3) is 1.00. The van der Waals surface area contributed by atoms with Crippen LogP contribution in [-0.2, 0) is 0 Å². The minimum Gasteiger partial charge on any atom is -0.393 e. The fourth-order valence-corrected chi connectivity index (χ4v) is 4.29. The maximum Gasteiger partial charge on any atom is 0.0541 e. The minimum atomic E-state index is -0.127. The first-order valence-electron chi connectivity index (χ1n) is 8.01. The van der Waals surface area contributed by atoms with E-state index in [4.69, 9.17) is 0 Å². The number of piperidine rings is 1. The van der Waals surface area contributed by atoms with Crippen molar-refractivity contribution in [3.8, 4) is 0 Å². The van der Waals surface area contributed by atoms with E-state index in [0.717, 1.165) is 18.8 Å². The lowest BCUT2D eigenvalue weighted by molar-refractivity contribution is 0.0637. The second-order valence-corrected chi connectivity index (χ2v) is 7.43. The Hall–Kier alpha value is -0.120. The van der Waals surface area contributed by atoms with Crippen molar-refractivity contribution in [3.63, 3.8) is 0 Å². The van der Waals surface area contributed by atoms with Gasteiger partial charge in [-0.1, -0.05) is 13.8 Å². The average molecular weight is 268 g/mol. The van der Waals surface area contributed by atoms with Crippen LogP contribution in [0.2, 0.25) is 0 Å². The normalized spacial score (nSPS) is 34.6. The first-order chi connectivity index (χ1) is 8.94. The minimum absolute atomic E-state index is 0.127. The molecule has 2 rings (SSSR count). The highest BCUT2D eigenvalue weighted by Gasteiger charge is 2.41. The van der Waals surface area contributed by atoms with E-state index in [1.54, 1.807) is 0 Å². The molecule has 3 atom stereocenters. The topological polar surface area (TPSA) is 35.5 Å². The summed E-state index contributed by atoms with van der Waals surface area (Å²) >= 11 is 0. The molecule has 0 radical (unpaired) electrons. The van der Waals surface area contributed by atoms with Crippen LogP contribution in [0.25, 0.3) is 0 Å². The van der Waals surface area contributed by atoms with E-state index >= 15 is 0 Å². The van der Waals surface area contributed by atoms with Gasteiger partial charge in [0, 0.05) is 12.6 Å². The van der Waals surface area contributed by atoms with E-state index in [1.807, 2.05) is 6.92 Å². The lowest BCUT2D eigenvalue weighted by Crippen LogP contribution is -2.46. The number of nitrogens with zero attached hydrogens (tertiary/aromatic N) is 1. The molecule has 0 aromatic heterocycles. The maximum atomic E-state index is 9.67. The second kappa shape index (κ2) is 6.11. The predicted octanol–water partition coefficient (Wildman–Crippen LogP) is 2.10. The maximum absolute atomic E-state index is 9.67. The summed E-state index contributed by atoms with van der Waals surface area (Å²) in [7, 11) is 2.12. The quantitative estimate of drug-likeness (QED) is 0.820. The van der Waals surface area contributed by atoms with E-state index < -0.39 is 0 Å².